The van der Waals surface area contributed by atoms with E-state index in [9.17, 15) is 18.0 Å². The van der Waals surface area contributed by atoms with Gasteiger partial charge in [-0.1, -0.05) is 50.5 Å². The Morgan fingerprint density at radius 2 is 1.60 bits per heavy atom. The lowest BCUT2D eigenvalue weighted by Crippen LogP contribution is -2.54. The van der Waals surface area contributed by atoms with E-state index in [1.807, 2.05) is 45.0 Å². The molecule has 1 atom stereocenters. The maximum atomic E-state index is 14.5. The van der Waals surface area contributed by atoms with Crippen LogP contribution in [0.4, 0.5) is 5.69 Å². The monoisotopic (exact) mass is 665 g/mol. The fourth-order valence-electron chi connectivity index (χ4n) is 5.94. The van der Waals surface area contributed by atoms with Crippen LogP contribution in [0.2, 0.25) is 0 Å². The molecule has 1 N–H and O–H groups in total. The van der Waals surface area contributed by atoms with Gasteiger partial charge in [-0.25, -0.2) is 8.42 Å². The molecule has 0 aromatic heterocycles. The molecule has 1 aliphatic rings. The molecule has 0 aliphatic heterocycles. The molecule has 1 fully saturated rings. The molecule has 1 aliphatic carbocycles. The summed E-state index contributed by atoms with van der Waals surface area (Å²) in [5.74, 6) is 0.443. The van der Waals surface area contributed by atoms with E-state index in [2.05, 4.69) is 5.32 Å². The van der Waals surface area contributed by atoms with Crippen LogP contribution in [0.15, 0.2) is 71.6 Å². The van der Waals surface area contributed by atoms with Crippen LogP contribution < -0.4 is 23.8 Å². The summed E-state index contributed by atoms with van der Waals surface area (Å²) in [6.07, 6.45) is 5.43. The smallest absolute Gasteiger partial charge is 0.264 e. The number of benzene rings is 3. The van der Waals surface area contributed by atoms with Gasteiger partial charge >= 0.3 is 0 Å². The molecule has 10 nitrogen and oxygen atoms in total. The van der Waals surface area contributed by atoms with E-state index in [1.165, 1.54) is 37.3 Å². The zero-order valence-electron chi connectivity index (χ0n) is 28.0. The predicted molar refractivity (Wildman–Crippen MR) is 183 cm³/mol. The quantitative estimate of drug-likeness (QED) is 0.216. The Bertz CT molecular complexity index is 1610. The number of hydrogen-bond donors (Lipinski definition) is 1. The zero-order chi connectivity index (χ0) is 34.0. The van der Waals surface area contributed by atoms with Gasteiger partial charge < -0.3 is 24.4 Å². The number of carbonyl (C=O) groups is 2. The molecule has 0 unspecified atom stereocenters. The van der Waals surface area contributed by atoms with Crippen LogP contribution in [0, 0.1) is 6.92 Å². The Morgan fingerprint density at radius 3 is 2.21 bits per heavy atom. The fraction of sp³-hybridized carbons (Fsp3) is 0.444. The fourth-order valence-corrected chi connectivity index (χ4v) is 7.37. The number of nitrogens with one attached hydrogen (secondary N) is 1. The van der Waals surface area contributed by atoms with Gasteiger partial charge in [0.2, 0.25) is 11.8 Å². The molecule has 1 saturated carbocycles. The SMILES string of the molecule is CCOc1ccc(N(CC(=O)N(Cc2ccccc2C)[C@@H](CC)C(=O)NC2CCCCC2)S(=O)(=O)c2ccc(OC)c(OC)c2)cc1. The third-order valence-corrected chi connectivity index (χ3v) is 10.4. The Labute approximate surface area is 279 Å². The van der Waals surface area contributed by atoms with Crippen LogP contribution in [-0.2, 0) is 26.2 Å². The lowest BCUT2D eigenvalue weighted by molar-refractivity contribution is -0.140. The molecule has 4 rings (SSSR count). The van der Waals surface area contributed by atoms with E-state index in [0.29, 0.717) is 24.5 Å². The lowest BCUT2D eigenvalue weighted by Gasteiger charge is -2.34. The molecule has 47 heavy (non-hydrogen) atoms. The number of methoxy groups -OCH3 is 2. The minimum absolute atomic E-state index is 0.0616. The molecule has 0 radical (unpaired) electrons. The summed E-state index contributed by atoms with van der Waals surface area (Å²) < 4.78 is 46.1. The average Bonchev–Trinajstić information content (AvgIpc) is 3.08. The van der Waals surface area contributed by atoms with Crippen molar-refractivity contribution in [2.45, 2.75) is 82.8 Å². The van der Waals surface area contributed by atoms with E-state index < -0.39 is 28.5 Å². The number of rotatable bonds is 15. The summed E-state index contributed by atoms with van der Waals surface area (Å²) in [5.41, 5.74) is 2.11. The van der Waals surface area contributed by atoms with Crippen LogP contribution in [0.25, 0.3) is 0 Å². The average molecular weight is 666 g/mol. The van der Waals surface area contributed by atoms with Gasteiger partial charge in [0.1, 0.15) is 18.3 Å². The summed E-state index contributed by atoms with van der Waals surface area (Å²) in [6.45, 7) is 5.74. The van der Waals surface area contributed by atoms with Crippen LogP contribution in [-0.4, -0.2) is 64.6 Å². The molecule has 0 bridgehead atoms. The van der Waals surface area contributed by atoms with E-state index in [0.717, 1.165) is 47.5 Å². The van der Waals surface area contributed by atoms with Gasteiger partial charge in [-0.15, -0.1) is 0 Å². The number of anilines is 1. The molecular weight excluding hydrogens is 618 g/mol. The highest BCUT2D eigenvalue weighted by Crippen LogP contribution is 2.33. The largest absolute Gasteiger partial charge is 0.494 e. The van der Waals surface area contributed by atoms with Crippen LogP contribution >= 0.6 is 0 Å². The first-order valence-electron chi connectivity index (χ1n) is 16.2. The van der Waals surface area contributed by atoms with E-state index in [4.69, 9.17) is 14.2 Å². The Balaban J connectivity index is 1.75. The summed E-state index contributed by atoms with van der Waals surface area (Å²) in [7, 11) is -1.42. The highest BCUT2D eigenvalue weighted by molar-refractivity contribution is 7.92. The second-order valence-corrected chi connectivity index (χ2v) is 13.5. The number of hydrogen-bond acceptors (Lipinski definition) is 7. The van der Waals surface area contributed by atoms with Gasteiger partial charge in [0.15, 0.2) is 11.5 Å². The van der Waals surface area contributed by atoms with Gasteiger partial charge in [0.05, 0.1) is 31.4 Å². The predicted octanol–water partition coefficient (Wildman–Crippen LogP) is 5.86. The van der Waals surface area contributed by atoms with Gasteiger partial charge in [-0.2, -0.15) is 0 Å². The third-order valence-electron chi connectivity index (χ3n) is 8.60. The number of aryl methyl sites for hydroxylation is 1. The topological polar surface area (TPSA) is 114 Å². The molecule has 254 valence electrons. The van der Waals surface area contributed by atoms with Crippen LogP contribution in [0.5, 0.6) is 17.2 Å². The van der Waals surface area contributed by atoms with Crippen LogP contribution in [0.1, 0.15) is 63.5 Å². The normalized spacial score (nSPS) is 14.1. The minimum atomic E-state index is -4.31. The van der Waals surface area contributed by atoms with Crippen molar-refractivity contribution in [3.63, 3.8) is 0 Å². The standard InChI is InChI=1S/C36H47N3O7S/c1-6-32(36(41)37-28-15-9-8-10-16-28)38(24-27-14-12-11-13-26(27)3)35(40)25-39(29-17-19-30(20-18-29)46-7-2)47(42,43)31-21-22-33(44-4)34(23-31)45-5/h11-14,17-23,28,32H,6-10,15-16,24-25H2,1-5H3,(H,37,41)/t32-/m0/s1. The van der Waals surface area contributed by atoms with Crippen molar-refractivity contribution in [2.24, 2.45) is 0 Å². The minimum Gasteiger partial charge on any atom is -0.494 e. The first kappa shape index (κ1) is 35.6. The van der Waals surface area contributed by atoms with Gasteiger partial charge in [-0.3, -0.25) is 13.9 Å². The molecule has 3 aromatic carbocycles. The zero-order valence-corrected chi connectivity index (χ0v) is 28.8. The Kier molecular flexibility index (Phi) is 12.5. The van der Waals surface area contributed by atoms with Crippen molar-refractivity contribution in [1.82, 2.24) is 10.2 Å². The summed E-state index contributed by atoms with van der Waals surface area (Å²) >= 11 is 0. The Hall–Kier alpha value is -4.25. The molecule has 0 heterocycles. The molecule has 0 saturated heterocycles. The number of nitrogens with zero attached hydrogens (tertiary/aromatic N) is 2. The first-order chi connectivity index (χ1) is 22.6. The van der Waals surface area contributed by atoms with E-state index in [-0.39, 0.29) is 34.8 Å². The number of amides is 2. The lowest BCUT2D eigenvalue weighted by atomic mass is 9.95. The number of ether oxygens (including phenoxy) is 3. The van der Waals surface area contributed by atoms with Gasteiger partial charge in [0.25, 0.3) is 10.0 Å². The highest BCUT2D eigenvalue weighted by Gasteiger charge is 2.35. The van der Waals surface area contributed by atoms with Crippen molar-refractivity contribution in [2.75, 3.05) is 31.7 Å². The number of carbonyl (C=O) groups excluding carboxylic acids is 2. The molecule has 2 amide bonds. The van der Waals surface area contributed by atoms with Crippen molar-refractivity contribution < 1.29 is 32.2 Å². The molecule has 0 spiro atoms. The van der Waals surface area contributed by atoms with Crippen LogP contribution in [0.3, 0.4) is 0 Å². The Morgan fingerprint density at radius 1 is 0.915 bits per heavy atom. The van der Waals surface area contributed by atoms with Crippen molar-refractivity contribution in [1.29, 1.82) is 0 Å². The second kappa shape index (κ2) is 16.5. The highest BCUT2D eigenvalue weighted by atomic mass is 32.2. The molecule has 3 aromatic rings. The maximum absolute atomic E-state index is 14.5. The van der Waals surface area contributed by atoms with E-state index >= 15 is 0 Å². The van der Waals surface area contributed by atoms with Gasteiger partial charge in [-0.05, 0) is 80.6 Å². The van der Waals surface area contributed by atoms with Crippen molar-refractivity contribution >= 4 is 27.5 Å². The second-order valence-electron chi connectivity index (χ2n) is 11.7. The maximum Gasteiger partial charge on any atom is 0.264 e. The first-order valence-corrected chi connectivity index (χ1v) is 17.7. The summed E-state index contributed by atoms with van der Waals surface area (Å²) in [6, 6.07) is 17.8. The van der Waals surface area contributed by atoms with Crippen molar-refractivity contribution in [3.8, 4) is 17.2 Å². The third kappa shape index (κ3) is 8.77. The summed E-state index contributed by atoms with van der Waals surface area (Å²) in [5, 5.41) is 3.18. The van der Waals surface area contributed by atoms with Gasteiger partial charge in [0, 0.05) is 18.7 Å². The number of sulfonamides is 1. The summed E-state index contributed by atoms with van der Waals surface area (Å²) in [4.78, 5) is 29.7. The molecule has 11 heteroatoms. The van der Waals surface area contributed by atoms with E-state index in [1.54, 1.807) is 24.3 Å². The molecular formula is C36H47N3O7S. The van der Waals surface area contributed by atoms with Crippen molar-refractivity contribution in [3.05, 3.63) is 77.9 Å².